The summed E-state index contributed by atoms with van der Waals surface area (Å²) < 4.78 is 90.2. The lowest BCUT2D eigenvalue weighted by atomic mass is 10.0. The molecule has 1 aliphatic heterocycles. The third kappa shape index (κ3) is 7.74. The predicted molar refractivity (Wildman–Crippen MR) is 161 cm³/mol. The van der Waals surface area contributed by atoms with E-state index in [0.29, 0.717) is 11.3 Å². The monoisotopic (exact) mass is 678 g/mol. The second-order valence-electron chi connectivity index (χ2n) is 10.1. The van der Waals surface area contributed by atoms with Crippen molar-refractivity contribution in [2.75, 3.05) is 23.1 Å². The molecule has 3 amide bonds. The minimum Gasteiger partial charge on any atom is -0.406 e. The van der Waals surface area contributed by atoms with E-state index in [4.69, 9.17) is 4.74 Å². The van der Waals surface area contributed by atoms with Crippen LogP contribution in [0, 0.1) is 6.92 Å². The third-order valence-corrected chi connectivity index (χ3v) is 7.76. The maximum absolute atomic E-state index is 14.2. The van der Waals surface area contributed by atoms with Crippen LogP contribution in [-0.2, 0) is 15.7 Å². The van der Waals surface area contributed by atoms with Crippen LogP contribution in [0.15, 0.2) is 72.0 Å². The molecule has 2 heterocycles. The van der Waals surface area contributed by atoms with E-state index >= 15 is 0 Å². The summed E-state index contributed by atoms with van der Waals surface area (Å²) >= 11 is 0.966. The molecular weight excluding hydrogens is 654 g/mol. The van der Waals surface area contributed by atoms with Gasteiger partial charge in [-0.05, 0) is 67.9 Å². The average Bonchev–Trinajstić information content (AvgIpc) is 3.63. The van der Waals surface area contributed by atoms with Gasteiger partial charge in [0.25, 0.3) is 0 Å². The van der Waals surface area contributed by atoms with Crippen LogP contribution in [0.1, 0.15) is 29.7 Å². The Hall–Kier alpha value is -4.90. The third-order valence-electron chi connectivity index (χ3n) is 6.83. The number of anilines is 2. The van der Waals surface area contributed by atoms with Crippen LogP contribution < -0.4 is 15.0 Å². The Labute approximate surface area is 267 Å². The van der Waals surface area contributed by atoms with E-state index in [1.54, 1.807) is 19.1 Å². The molecule has 1 unspecified atom stereocenters. The fourth-order valence-corrected chi connectivity index (χ4v) is 5.44. The molecule has 4 aromatic rings. The number of alkyl halides is 6. The van der Waals surface area contributed by atoms with Crippen LogP contribution in [0.3, 0.4) is 0 Å². The quantitative estimate of drug-likeness (QED) is 0.201. The number of thioether (sulfide) groups is 1. The number of urea groups is 1. The van der Waals surface area contributed by atoms with Crippen molar-refractivity contribution in [3.8, 4) is 22.8 Å². The van der Waals surface area contributed by atoms with Gasteiger partial charge in [0.05, 0.1) is 34.5 Å². The lowest BCUT2D eigenvalue weighted by molar-refractivity contribution is -0.274. The van der Waals surface area contributed by atoms with Crippen molar-refractivity contribution in [1.82, 2.24) is 14.8 Å². The maximum Gasteiger partial charge on any atom is 0.573 e. The van der Waals surface area contributed by atoms with Gasteiger partial charge in [0.2, 0.25) is 5.91 Å². The molecule has 1 aromatic heterocycles. The molecule has 1 fully saturated rings. The second-order valence-corrected chi connectivity index (χ2v) is 11.0. The number of hydrogen-bond acceptors (Lipinski definition) is 7. The molecule has 0 spiro atoms. The van der Waals surface area contributed by atoms with Crippen molar-refractivity contribution in [2.45, 2.75) is 32.5 Å². The fourth-order valence-electron chi connectivity index (χ4n) is 4.58. The number of benzene rings is 3. The number of ether oxygens (including phenoxy) is 2. The van der Waals surface area contributed by atoms with Crippen molar-refractivity contribution in [1.29, 1.82) is 0 Å². The number of methoxy groups -OCH3 is 1. The Kier molecular flexibility index (Phi) is 9.31. The number of nitrogens with zero attached hydrogens (tertiary/aromatic N) is 5. The minimum atomic E-state index is -4.92. The van der Waals surface area contributed by atoms with E-state index in [1.807, 2.05) is 13.0 Å². The van der Waals surface area contributed by atoms with Gasteiger partial charge in [0, 0.05) is 18.2 Å². The summed E-state index contributed by atoms with van der Waals surface area (Å²) in [5.74, 6) is -0.991. The SMILES string of the molecule is COC(C)c1ccc(C)cc1N1C(=O)CSC1=NC(=O)Nc1ccc(-c2ncn(-c3ccc(OC(F)(F)F)cc3)n2)cc1C(F)(F)F. The van der Waals surface area contributed by atoms with E-state index in [1.165, 1.54) is 36.5 Å². The van der Waals surface area contributed by atoms with Gasteiger partial charge in [-0.1, -0.05) is 23.9 Å². The molecule has 10 nitrogen and oxygen atoms in total. The second kappa shape index (κ2) is 13.1. The number of amides is 3. The topological polar surface area (TPSA) is 111 Å². The van der Waals surface area contributed by atoms with Crippen molar-refractivity contribution in [2.24, 2.45) is 4.99 Å². The molecule has 1 atom stereocenters. The van der Waals surface area contributed by atoms with Crippen LogP contribution in [0.2, 0.25) is 0 Å². The number of nitrogens with one attached hydrogen (secondary N) is 1. The molecule has 246 valence electrons. The number of halogens is 6. The number of aliphatic imine (C=N–C) groups is 1. The standard InChI is InChI=1S/C30H24F6N6O4S/c1-16-4-10-21(17(2)45-3)24(12-16)42-25(43)14-47-28(42)39-27(44)38-23-11-5-18(13-22(23)29(31,32)33)26-37-15-41(40-26)19-6-8-20(9-7-19)46-30(34,35)36/h4-13,15,17H,14H2,1-3H3,(H,38,44). The van der Waals surface area contributed by atoms with Gasteiger partial charge < -0.3 is 14.8 Å². The van der Waals surface area contributed by atoms with E-state index in [2.05, 4.69) is 25.1 Å². The van der Waals surface area contributed by atoms with Gasteiger partial charge in [-0.15, -0.1) is 18.3 Å². The zero-order chi connectivity index (χ0) is 34.1. The Bertz CT molecular complexity index is 1840. The van der Waals surface area contributed by atoms with Gasteiger partial charge in [-0.2, -0.15) is 18.2 Å². The normalized spacial score (nSPS) is 15.3. The van der Waals surface area contributed by atoms with Gasteiger partial charge in [-0.3, -0.25) is 9.69 Å². The summed E-state index contributed by atoms with van der Waals surface area (Å²) in [5, 5.41) is 6.28. The van der Waals surface area contributed by atoms with Gasteiger partial charge >= 0.3 is 18.6 Å². The van der Waals surface area contributed by atoms with Crippen LogP contribution in [0.5, 0.6) is 5.75 Å². The van der Waals surface area contributed by atoms with Crippen molar-refractivity contribution in [3.05, 3.63) is 83.7 Å². The molecule has 1 N–H and O–H groups in total. The zero-order valence-electron chi connectivity index (χ0n) is 24.7. The van der Waals surface area contributed by atoms with Crippen LogP contribution >= 0.6 is 11.8 Å². The first kappa shape index (κ1) is 33.5. The molecule has 0 saturated carbocycles. The van der Waals surface area contributed by atoms with E-state index in [-0.39, 0.29) is 33.9 Å². The number of aryl methyl sites for hydroxylation is 1. The fraction of sp³-hybridized carbons (Fsp3) is 0.233. The van der Waals surface area contributed by atoms with Crippen LogP contribution in [0.25, 0.3) is 17.1 Å². The van der Waals surface area contributed by atoms with E-state index in [9.17, 15) is 35.9 Å². The summed E-state index contributed by atoms with van der Waals surface area (Å²) in [6, 6.07) is 11.8. The number of carbonyl (C=O) groups excluding carboxylic acids is 2. The maximum atomic E-state index is 14.2. The Morgan fingerprint density at radius 2 is 1.77 bits per heavy atom. The molecule has 1 saturated heterocycles. The molecule has 0 bridgehead atoms. The Morgan fingerprint density at radius 1 is 1.04 bits per heavy atom. The smallest absolute Gasteiger partial charge is 0.406 e. The van der Waals surface area contributed by atoms with Gasteiger partial charge in [0.1, 0.15) is 12.1 Å². The van der Waals surface area contributed by atoms with Gasteiger partial charge in [0.15, 0.2) is 11.0 Å². The Balaban J connectivity index is 1.39. The van der Waals surface area contributed by atoms with Crippen LogP contribution in [0.4, 0.5) is 42.5 Å². The molecule has 3 aromatic carbocycles. The highest BCUT2D eigenvalue weighted by molar-refractivity contribution is 8.15. The number of rotatable bonds is 7. The first-order valence-corrected chi connectivity index (χ1v) is 14.6. The lowest BCUT2D eigenvalue weighted by Gasteiger charge is -2.23. The molecule has 0 aliphatic carbocycles. The van der Waals surface area contributed by atoms with E-state index < -0.39 is 41.7 Å². The number of carbonyl (C=O) groups is 2. The van der Waals surface area contributed by atoms with E-state index in [0.717, 1.165) is 46.3 Å². The number of amidine groups is 1. The summed E-state index contributed by atoms with van der Waals surface area (Å²) in [4.78, 5) is 35.0. The minimum absolute atomic E-state index is 0.0134. The molecule has 1 aliphatic rings. The molecule has 47 heavy (non-hydrogen) atoms. The number of aromatic nitrogens is 3. The van der Waals surface area contributed by atoms with Crippen molar-refractivity contribution >= 4 is 40.2 Å². The highest BCUT2D eigenvalue weighted by atomic mass is 32.2. The largest absolute Gasteiger partial charge is 0.573 e. The summed E-state index contributed by atoms with van der Waals surface area (Å²) in [6.07, 6.45) is -9.03. The summed E-state index contributed by atoms with van der Waals surface area (Å²) in [6.45, 7) is 3.60. The van der Waals surface area contributed by atoms with Crippen LogP contribution in [-0.4, -0.2) is 51.1 Å². The lowest BCUT2D eigenvalue weighted by Crippen LogP contribution is -2.31. The first-order valence-electron chi connectivity index (χ1n) is 13.6. The first-order chi connectivity index (χ1) is 22.1. The zero-order valence-corrected chi connectivity index (χ0v) is 25.5. The molecule has 0 radical (unpaired) electrons. The summed E-state index contributed by atoms with van der Waals surface area (Å²) in [7, 11) is 1.50. The molecule has 17 heteroatoms. The van der Waals surface area contributed by atoms with Crippen molar-refractivity contribution < 1.29 is 45.4 Å². The molecule has 5 rings (SSSR count). The predicted octanol–water partition coefficient (Wildman–Crippen LogP) is 7.54. The Morgan fingerprint density at radius 3 is 2.43 bits per heavy atom. The molecular formula is C30H24F6N6O4S. The van der Waals surface area contributed by atoms with Crippen molar-refractivity contribution in [3.63, 3.8) is 0 Å². The van der Waals surface area contributed by atoms with Gasteiger partial charge in [-0.25, -0.2) is 14.5 Å². The summed E-state index contributed by atoms with van der Waals surface area (Å²) in [5.41, 5.74) is 0.322. The highest BCUT2D eigenvalue weighted by Gasteiger charge is 2.36. The highest BCUT2D eigenvalue weighted by Crippen LogP contribution is 2.38. The average molecular weight is 679 g/mol. The number of hydrogen-bond donors (Lipinski definition) is 1.